The number of nitriles is 1. The van der Waals surface area contributed by atoms with Gasteiger partial charge in [-0.2, -0.15) is 5.26 Å². The molecule has 1 unspecified atom stereocenters. The van der Waals surface area contributed by atoms with Gasteiger partial charge >= 0.3 is 0 Å². The van der Waals surface area contributed by atoms with Gasteiger partial charge in [-0.15, -0.1) is 10.2 Å². The lowest BCUT2D eigenvalue weighted by molar-refractivity contribution is -0.115. The van der Waals surface area contributed by atoms with Crippen molar-refractivity contribution in [1.29, 1.82) is 5.26 Å². The third-order valence-corrected chi connectivity index (χ3v) is 5.40. The number of hydrogen-bond donors (Lipinski definition) is 1. The van der Waals surface area contributed by atoms with E-state index in [2.05, 4.69) is 15.5 Å². The number of nitrogens with one attached hydrogen (secondary N) is 1. The van der Waals surface area contributed by atoms with Crippen LogP contribution in [0.1, 0.15) is 33.3 Å². The van der Waals surface area contributed by atoms with E-state index in [4.69, 9.17) is 23.9 Å². The van der Waals surface area contributed by atoms with Crippen LogP contribution >= 0.6 is 11.8 Å². The van der Waals surface area contributed by atoms with Crippen molar-refractivity contribution in [2.24, 2.45) is 0 Å². The Labute approximate surface area is 202 Å². The highest BCUT2D eigenvalue weighted by Crippen LogP contribution is 2.42. The lowest BCUT2D eigenvalue weighted by Gasteiger charge is -2.16. The molecular weight excluding hydrogens is 456 g/mol. The molecule has 0 aliphatic rings. The number of ether oxygens (including phenoxy) is 3. The standard InChI is InChI=1S/C24H26N4O5S/c1-5-30-19-12-17(13-20(31-6-2)21(19)32-7-3)23-27-28-24(33-23)34-15(4)22(29)26-18-10-8-9-16(11-18)14-25/h8-13,15H,5-7H2,1-4H3,(H,26,29). The lowest BCUT2D eigenvalue weighted by atomic mass is 10.2. The third-order valence-electron chi connectivity index (χ3n) is 4.47. The number of thioether (sulfide) groups is 1. The summed E-state index contributed by atoms with van der Waals surface area (Å²) in [5, 5.41) is 19.7. The average molecular weight is 483 g/mol. The monoisotopic (exact) mass is 482 g/mol. The fraction of sp³-hybridized carbons (Fsp3) is 0.333. The molecule has 0 spiro atoms. The van der Waals surface area contributed by atoms with Crippen LogP contribution in [0.2, 0.25) is 0 Å². The second kappa shape index (κ2) is 12.0. The molecule has 2 aromatic carbocycles. The van der Waals surface area contributed by atoms with Gasteiger partial charge in [0.15, 0.2) is 11.5 Å². The maximum Gasteiger partial charge on any atom is 0.277 e. The molecule has 3 rings (SSSR count). The first-order valence-electron chi connectivity index (χ1n) is 10.9. The number of amides is 1. The number of hydrogen-bond acceptors (Lipinski definition) is 9. The minimum absolute atomic E-state index is 0.244. The van der Waals surface area contributed by atoms with Crippen molar-refractivity contribution >= 4 is 23.4 Å². The maximum atomic E-state index is 12.6. The Balaban J connectivity index is 1.77. The molecular formula is C24H26N4O5S. The van der Waals surface area contributed by atoms with E-state index in [0.29, 0.717) is 53.9 Å². The van der Waals surface area contributed by atoms with Crippen LogP contribution in [0.15, 0.2) is 46.0 Å². The van der Waals surface area contributed by atoms with Crippen LogP contribution in [0.4, 0.5) is 5.69 Å². The molecule has 0 radical (unpaired) electrons. The number of carbonyl (C=O) groups is 1. The van der Waals surface area contributed by atoms with Gasteiger partial charge in [0.1, 0.15) is 0 Å². The summed E-state index contributed by atoms with van der Waals surface area (Å²) >= 11 is 1.13. The van der Waals surface area contributed by atoms with Gasteiger partial charge in [-0.3, -0.25) is 4.79 Å². The Morgan fingerprint density at radius 2 is 1.76 bits per heavy atom. The van der Waals surface area contributed by atoms with Crippen molar-refractivity contribution in [3.05, 3.63) is 42.0 Å². The SMILES string of the molecule is CCOc1cc(-c2nnc(SC(C)C(=O)Nc3cccc(C#N)c3)o2)cc(OCC)c1OCC. The van der Waals surface area contributed by atoms with Gasteiger partial charge in [0.2, 0.25) is 17.5 Å². The Hall–Kier alpha value is -3.71. The summed E-state index contributed by atoms with van der Waals surface area (Å²) < 4.78 is 23.0. The van der Waals surface area contributed by atoms with Crippen LogP contribution in [0.25, 0.3) is 11.5 Å². The van der Waals surface area contributed by atoms with Crippen molar-refractivity contribution in [1.82, 2.24) is 10.2 Å². The second-order valence-corrected chi connectivity index (χ2v) is 8.21. The summed E-state index contributed by atoms with van der Waals surface area (Å²) in [5.74, 6) is 1.57. The molecule has 0 bridgehead atoms. The zero-order valence-corrected chi connectivity index (χ0v) is 20.3. The topological polar surface area (TPSA) is 120 Å². The van der Waals surface area contributed by atoms with Crippen LogP contribution in [0, 0.1) is 11.3 Å². The zero-order valence-electron chi connectivity index (χ0n) is 19.5. The highest BCUT2D eigenvalue weighted by molar-refractivity contribution is 8.00. The Bertz CT molecular complexity index is 1150. The van der Waals surface area contributed by atoms with Crippen molar-refractivity contribution in [2.45, 2.75) is 38.2 Å². The number of benzene rings is 2. The lowest BCUT2D eigenvalue weighted by Crippen LogP contribution is -2.22. The van der Waals surface area contributed by atoms with Gasteiger partial charge in [0, 0.05) is 11.3 Å². The molecule has 10 heteroatoms. The van der Waals surface area contributed by atoms with Gasteiger partial charge in [0.05, 0.1) is 36.7 Å². The quantitative estimate of drug-likeness (QED) is 0.380. The van der Waals surface area contributed by atoms with E-state index in [0.717, 1.165) is 11.8 Å². The summed E-state index contributed by atoms with van der Waals surface area (Å²) in [6.45, 7) is 8.74. The Morgan fingerprint density at radius 3 is 2.38 bits per heavy atom. The molecule has 0 aliphatic carbocycles. The normalized spacial score (nSPS) is 11.4. The molecule has 178 valence electrons. The number of aromatic nitrogens is 2. The first-order chi connectivity index (χ1) is 16.5. The summed E-state index contributed by atoms with van der Waals surface area (Å²) in [7, 11) is 0. The van der Waals surface area contributed by atoms with Crippen molar-refractivity contribution < 1.29 is 23.4 Å². The minimum Gasteiger partial charge on any atom is -0.490 e. The predicted molar refractivity (Wildman–Crippen MR) is 128 cm³/mol. The van der Waals surface area contributed by atoms with Gasteiger partial charge in [-0.05, 0) is 58.0 Å². The Morgan fingerprint density at radius 1 is 1.09 bits per heavy atom. The number of anilines is 1. The van der Waals surface area contributed by atoms with E-state index in [-0.39, 0.29) is 17.0 Å². The van der Waals surface area contributed by atoms with Crippen LogP contribution < -0.4 is 19.5 Å². The highest BCUT2D eigenvalue weighted by atomic mass is 32.2. The van der Waals surface area contributed by atoms with E-state index in [1.165, 1.54) is 0 Å². The smallest absolute Gasteiger partial charge is 0.277 e. The molecule has 34 heavy (non-hydrogen) atoms. The van der Waals surface area contributed by atoms with E-state index in [9.17, 15) is 4.79 Å². The molecule has 1 atom stereocenters. The van der Waals surface area contributed by atoms with E-state index < -0.39 is 5.25 Å². The van der Waals surface area contributed by atoms with Gasteiger partial charge in [-0.25, -0.2) is 0 Å². The van der Waals surface area contributed by atoms with Crippen molar-refractivity contribution in [2.75, 3.05) is 25.1 Å². The molecule has 3 aromatic rings. The van der Waals surface area contributed by atoms with Gasteiger partial charge in [0.25, 0.3) is 5.22 Å². The summed E-state index contributed by atoms with van der Waals surface area (Å²) in [5.41, 5.74) is 1.62. The van der Waals surface area contributed by atoms with Crippen molar-refractivity contribution in [3.8, 4) is 34.8 Å². The third kappa shape index (κ3) is 6.20. The first kappa shape index (κ1) is 24.9. The molecule has 0 saturated carbocycles. The predicted octanol–water partition coefficient (Wildman–Crippen LogP) is 4.92. The summed E-state index contributed by atoms with van der Waals surface area (Å²) in [6.07, 6.45) is 0. The molecule has 9 nitrogen and oxygen atoms in total. The minimum atomic E-state index is -0.516. The molecule has 1 amide bonds. The maximum absolute atomic E-state index is 12.6. The fourth-order valence-corrected chi connectivity index (χ4v) is 3.68. The molecule has 0 aliphatic heterocycles. The zero-order chi connectivity index (χ0) is 24.5. The molecule has 1 N–H and O–H groups in total. The van der Waals surface area contributed by atoms with E-state index in [1.54, 1.807) is 43.3 Å². The van der Waals surface area contributed by atoms with Crippen LogP contribution in [-0.2, 0) is 4.79 Å². The van der Waals surface area contributed by atoms with E-state index in [1.807, 2.05) is 26.8 Å². The largest absolute Gasteiger partial charge is 0.490 e. The van der Waals surface area contributed by atoms with Crippen molar-refractivity contribution in [3.63, 3.8) is 0 Å². The number of carbonyl (C=O) groups excluding carboxylic acids is 1. The van der Waals surface area contributed by atoms with Crippen LogP contribution in [0.5, 0.6) is 17.2 Å². The van der Waals surface area contributed by atoms with Crippen LogP contribution in [-0.4, -0.2) is 41.2 Å². The number of rotatable bonds is 11. The summed E-state index contributed by atoms with van der Waals surface area (Å²) in [4.78, 5) is 12.6. The molecule has 0 saturated heterocycles. The van der Waals surface area contributed by atoms with E-state index >= 15 is 0 Å². The Kier molecular flexibility index (Phi) is 8.76. The number of nitrogens with zero attached hydrogens (tertiary/aromatic N) is 3. The van der Waals surface area contributed by atoms with Crippen LogP contribution in [0.3, 0.4) is 0 Å². The average Bonchev–Trinajstić information content (AvgIpc) is 3.29. The van der Waals surface area contributed by atoms with Gasteiger partial charge < -0.3 is 23.9 Å². The highest BCUT2D eigenvalue weighted by Gasteiger charge is 2.21. The molecule has 0 fully saturated rings. The van der Waals surface area contributed by atoms with Gasteiger partial charge in [-0.1, -0.05) is 17.8 Å². The fourth-order valence-electron chi connectivity index (χ4n) is 3.00. The molecule has 1 heterocycles. The summed E-state index contributed by atoms with van der Waals surface area (Å²) in [6, 6.07) is 12.3. The molecule has 1 aromatic heterocycles. The second-order valence-electron chi connectivity index (χ2n) is 6.92. The first-order valence-corrected chi connectivity index (χ1v) is 11.7.